The van der Waals surface area contributed by atoms with Crippen LogP contribution in [0.15, 0.2) is 18.3 Å². The lowest BCUT2D eigenvalue weighted by atomic mass is 10.2. The van der Waals surface area contributed by atoms with E-state index in [1.807, 2.05) is 6.92 Å². The van der Waals surface area contributed by atoms with Gasteiger partial charge in [-0.3, -0.25) is 4.79 Å². The number of carbonyl (C=O) groups excluding carboxylic acids is 1. The highest BCUT2D eigenvalue weighted by Gasteiger charge is 2.05. The average molecular weight is 164 g/mol. The third kappa shape index (κ3) is 1.81. The molecule has 0 aromatic carbocycles. The van der Waals surface area contributed by atoms with Crippen LogP contribution in [-0.2, 0) is 0 Å². The molecule has 1 aromatic rings. The van der Waals surface area contributed by atoms with Gasteiger partial charge < -0.3 is 5.32 Å². The summed E-state index contributed by atoms with van der Waals surface area (Å²) in [6.45, 7) is 4.29. The van der Waals surface area contributed by atoms with E-state index in [0.717, 1.165) is 6.54 Å². The first kappa shape index (κ1) is 8.71. The Morgan fingerprint density at radius 2 is 2.42 bits per heavy atom. The molecule has 3 nitrogen and oxygen atoms in total. The van der Waals surface area contributed by atoms with Gasteiger partial charge in [-0.15, -0.1) is 0 Å². The van der Waals surface area contributed by atoms with Crippen LogP contribution in [-0.4, -0.2) is 17.3 Å². The van der Waals surface area contributed by atoms with Crippen LogP contribution in [0.4, 0.5) is 5.82 Å². The lowest BCUT2D eigenvalue weighted by Crippen LogP contribution is -2.05. The summed E-state index contributed by atoms with van der Waals surface area (Å²) >= 11 is 0. The number of ketones is 1. The molecule has 0 amide bonds. The molecule has 1 aromatic heterocycles. The normalized spacial score (nSPS) is 9.50. The number of hydrogen-bond donors (Lipinski definition) is 1. The molecule has 0 aliphatic carbocycles. The number of pyridine rings is 1. The van der Waals surface area contributed by atoms with E-state index in [-0.39, 0.29) is 5.78 Å². The minimum Gasteiger partial charge on any atom is -0.370 e. The number of anilines is 1. The van der Waals surface area contributed by atoms with E-state index in [1.54, 1.807) is 18.3 Å². The second-order valence-electron chi connectivity index (χ2n) is 2.49. The molecular weight excluding hydrogens is 152 g/mol. The van der Waals surface area contributed by atoms with E-state index in [4.69, 9.17) is 0 Å². The van der Waals surface area contributed by atoms with Crippen molar-refractivity contribution in [2.24, 2.45) is 0 Å². The number of aromatic nitrogens is 1. The summed E-state index contributed by atoms with van der Waals surface area (Å²) in [7, 11) is 0. The molecule has 0 radical (unpaired) electrons. The highest BCUT2D eigenvalue weighted by molar-refractivity contribution is 5.98. The molecule has 1 heterocycles. The van der Waals surface area contributed by atoms with Crippen LogP contribution in [0.2, 0.25) is 0 Å². The third-order valence-electron chi connectivity index (χ3n) is 1.53. The van der Waals surface area contributed by atoms with Gasteiger partial charge in [0.1, 0.15) is 5.82 Å². The second kappa shape index (κ2) is 3.85. The Morgan fingerprint density at radius 3 is 3.00 bits per heavy atom. The van der Waals surface area contributed by atoms with Crippen LogP contribution < -0.4 is 5.32 Å². The Kier molecular flexibility index (Phi) is 2.80. The molecule has 1 N–H and O–H groups in total. The van der Waals surface area contributed by atoms with Crippen LogP contribution in [0.25, 0.3) is 0 Å². The van der Waals surface area contributed by atoms with Crippen molar-refractivity contribution in [3.63, 3.8) is 0 Å². The monoisotopic (exact) mass is 164 g/mol. The van der Waals surface area contributed by atoms with Gasteiger partial charge in [0.15, 0.2) is 5.78 Å². The van der Waals surface area contributed by atoms with Gasteiger partial charge in [0.2, 0.25) is 0 Å². The molecule has 0 unspecified atom stereocenters. The molecule has 12 heavy (non-hydrogen) atoms. The maximum atomic E-state index is 11.1. The van der Waals surface area contributed by atoms with Crippen molar-refractivity contribution >= 4 is 11.6 Å². The largest absolute Gasteiger partial charge is 0.370 e. The summed E-state index contributed by atoms with van der Waals surface area (Å²) in [5.74, 6) is 0.714. The van der Waals surface area contributed by atoms with Gasteiger partial charge in [0.25, 0.3) is 0 Å². The van der Waals surface area contributed by atoms with Crippen molar-refractivity contribution < 1.29 is 4.79 Å². The molecule has 0 fully saturated rings. The van der Waals surface area contributed by atoms with Crippen LogP contribution in [0, 0.1) is 0 Å². The maximum absolute atomic E-state index is 11.1. The van der Waals surface area contributed by atoms with Gasteiger partial charge in [0, 0.05) is 12.7 Å². The van der Waals surface area contributed by atoms with Gasteiger partial charge in [-0.1, -0.05) is 0 Å². The minimum atomic E-state index is 0.0408. The zero-order chi connectivity index (χ0) is 8.97. The van der Waals surface area contributed by atoms with Gasteiger partial charge in [0.05, 0.1) is 5.56 Å². The molecule has 0 bridgehead atoms. The van der Waals surface area contributed by atoms with Crippen molar-refractivity contribution in [1.29, 1.82) is 0 Å². The number of hydrogen-bond acceptors (Lipinski definition) is 3. The van der Waals surface area contributed by atoms with Crippen LogP contribution in [0.1, 0.15) is 24.2 Å². The van der Waals surface area contributed by atoms with Gasteiger partial charge in [-0.2, -0.15) is 0 Å². The Labute approximate surface area is 71.8 Å². The zero-order valence-electron chi connectivity index (χ0n) is 7.29. The van der Waals surface area contributed by atoms with Crippen LogP contribution >= 0.6 is 0 Å². The van der Waals surface area contributed by atoms with Crippen molar-refractivity contribution in [3.8, 4) is 0 Å². The molecule has 0 atom stereocenters. The van der Waals surface area contributed by atoms with Crippen LogP contribution in [0.3, 0.4) is 0 Å². The Morgan fingerprint density at radius 1 is 1.67 bits per heavy atom. The topological polar surface area (TPSA) is 42.0 Å². The van der Waals surface area contributed by atoms with E-state index in [1.165, 1.54) is 6.92 Å². The molecule has 3 heteroatoms. The molecule has 0 saturated carbocycles. The smallest absolute Gasteiger partial charge is 0.163 e. The highest BCUT2D eigenvalue weighted by Crippen LogP contribution is 2.10. The van der Waals surface area contributed by atoms with E-state index in [0.29, 0.717) is 11.4 Å². The van der Waals surface area contributed by atoms with Crippen molar-refractivity contribution in [1.82, 2.24) is 4.98 Å². The van der Waals surface area contributed by atoms with Gasteiger partial charge in [-0.25, -0.2) is 4.98 Å². The molecule has 0 spiro atoms. The number of nitrogens with zero attached hydrogens (tertiary/aromatic N) is 1. The molecule has 0 aliphatic rings. The predicted molar refractivity (Wildman–Crippen MR) is 48.4 cm³/mol. The summed E-state index contributed by atoms with van der Waals surface area (Å²) in [5, 5.41) is 3.03. The Balaban J connectivity index is 3.00. The van der Waals surface area contributed by atoms with E-state index < -0.39 is 0 Å². The highest BCUT2D eigenvalue weighted by atomic mass is 16.1. The molecular formula is C9H12N2O. The Bertz CT molecular complexity index is 284. The quantitative estimate of drug-likeness (QED) is 0.691. The fourth-order valence-corrected chi connectivity index (χ4v) is 0.998. The third-order valence-corrected chi connectivity index (χ3v) is 1.53. The van der Waals surface area contributed by atoms with Crippen molar-refractivity contribution in [3.05, 3.63) is 23.9 Å². The van der Waals surface area contributed by atoms with E-state index in [9.17, 15) is 4.79 Å². The lowest BCUT2D eigenvalue weighted by Gasteiger charge is -2.05. The number of carbonyl (C=O) groups is 1. The van der Waals surface area contributed by atoms with Gasteiger partial charge >= 0.3 is 0 Å². The summed E-state index contributed by atoms with van der Waals surface area (Å²) in [4.78, 5) is 15.1. The van der Waals surface area contributed by atoms with E-state index >= 15 is 0 Å². The Hall–Kier alpha value is -1.38. The molecule has 64 valence electrons. The van der Waals surface area contributed by atoms with Gasteiger partial charge in [-0.05, 0) is 26.0 Å². The van der Waals surface area contributed by atoms with Crippen molar-refractivity contribution in [2.45, 2.75) is 13.8 Å². The standard InChI is InChI=1S/C9H12N2O/c1-3-10-9-8(7(2)12)5-4-6-11-9/h4-6H,3H2,1-2H3,(H,10,11). The minimum absolute atomic E-state index is 0.0408. The second-order valence-corrected chi connectivity index (χ2v) is 2.49. The van der Waals surface area contributed by atoms with Crippen molar-refractivity contribution in [2.75, 3.05) is 11.9 Å². The SMILES string of the molecule is CCNc1ncccc1C(C)=O. The molecule has 1 rings (SSSR count). The van der Waals surface area contributed by atoms with E-state index in [2.05, 4.69) is 10.3 Å². The first-order chi connectivity index (χ1) is 5.75. The number of Topliss-reactive ketones (excluding diaryl/α,β-unsaturated/α-hetero) is 1. The number of rotatable bonds is 3. The lowest BCUT2D eigenvalue weighted by molar-refractivity contribution is 0.101. The number of nitrogens with one attached hydrogen (secondary N) is 1. The molecule has 0 saturated heterocycles. The average Bonchev–Trinajstić information content (AvgIpc) is 2.05. The zero-order valence-corrected chi connectivity index (χ0v) is 7.29. The summed E-state index contributed by atoms with van der Waals surface area (Å²) < 4.78 is 0. The summed E-state index contributed by atoms with van der Waals surface area (Å²) in [6, 6.07) is 3.53. The fourth-order valence-electron chi connectivity index (χ4n) is 0.998. The fraction of sp³-hybridized carbons (Fsp3) is 0.333. The predicted octanol–water partition coefficient (Wildman–Crippen LogP) is 1.72. The summed E-state index contributed by atoms with van der Waals surface area (Å²) in [5.41, 5.74) is 0.652. The summed E-state index contributed by atoms with van der Waals surface area (Å²) in [6.07, 6.45) is 1.67. The maximum Gasteiger partial charge on any atom is 0.163 e. The first-order valence-corrected chi connectivity index (χ1v) is 3.95. The molecule has 0 aliphatic heterocycles. The van der Waals surface area contributed by atoms with Crippen LogP contribution in [0.5, 0.6) is 0 Å². The first-order valence-electron chi connectivity index (χ1n) is 3.95.